The van der Waals surface area contributed by atoms with Crippen LogP contribution in [0.25, 0.3) is 0 Å². The van der Waals surface area contributed by atoms with Crippen molar-refractivity contribution in [1.29, 1.82) is 0 Å². The van der Waals surface area contributed by atoms with E-state index in [-0.39, 0.29) is 5.16 Å². The second-order valence-corrected chi connectivity index (χ2v) is 5.70. The molecule has 1 heterocycles. The van der Waals surface area contributed by atoms with Crippen LogP contribution in [-0.4, -0.2) is 41.0 Å². The number of nitrogens with one attached hydrogen (secondary N) is 1. The molecule has 0 saturated heterocycles. The van der Waals surface area contributed by atoms with Crippen molar-refractivity contribution >= 4 is 10.0 Å². The lowest BCUT2D eigenvalue weighted by molar-refractivity contribution is 0.409. The zero-order chi connectivity index (χ0) is 12.7. The number of hydrogen-bond donors (Lipinski definition) is 1. The molecule has 0 bridgehead atoms. The Hall–Kier alpha value is -0.950. The van der Waals surface area contributed by atoms with Crippen LogP contribution in [0.5, 0.6) is 0 Å². The molecule has 6 nitrogen and oxygen atoms in total. The number of aromatic nitrogens is 3. The first-order valence-corrected chi connectivity index (χ1v) is 7.42. The minimum atomic E-state index is -3.49. The average Bonchev–Trinajstić information content (AvgIpc) is 2.83. The summed E-state index contributed by atoms with van der Waals surface area (Å²) in [6.07, 6.45) is 5.42. The highest BCUT2D eigenvalue weighted by molar-refractivity contribution is 7.88. The summed E-state index contributed by atoms with van der Waals surface area (Å²) in [6.45, 7) is 4.95. The lowest BCUT2D eigenvalue weighted by atomic mass is 10.2. The van der Waals surface area contributed by atoms with E-state index in [0.717, 1.165) is 25.7 Å². The van der Waals surface area contributed by atoms with Gasteiger partial charge in [-0.1, -0.05) is 33.1 Å². The number of hydrogen-bond acceptors (Lipinski definition) is 4. The number of unbranched alkanes of at least 4 members (excludes halogenated alkanes) is 3. The molecule has 0 unspecified atom stereocenters. The van der Waals surface area contributed by atoms with Crippen molar-refractivity contribution in [2.24, 2.45) is 0 Å². The summed E-state index contributed by atoms with van der Waals surface area (Å²) in [5.41, 5.74) is 0. The fraction of sp³-hybridized carbons (Fsp3) is 0.800. The van der Waals surface area contributed by atoms with E-state index in [2.05, 4.69) is 22.1 Å². The second kappa shape index (κ2) is 6.70. The molecular formula is C10H20N4O2S. The Morgan fingerprint density at radius 3 is 2.59 bits per heavy atom. The van der Waals surface area contributed by atoms with Gasteiger partial charge in [0.15, 0.2) is 0 Å². The van der Waals surface area contributed by atoms with E-state index in [1.165, 1.54) is 10.6 Å². The van der Waals surface area contributed by atoms with Gasteiger partial charge in [-0.2, -0.15) is 9.40 Å². The van der Waals surface area contributed by atoms with Gasteiger partial charge in [-0.15, -0.1) is 0 Å². The van der Waals surface area contributed by atoms with Gasteiger partial charge in [0.1, 0.15) is 6.33 Å². The molecule has 0 aliphatic rings. The summed E-state index contributed by atoms with van der Waals surface area (Å²) < 4.78 is 25.6. The number of rotatable bonds is 8. The van der Waals surface area contributed by atoms with Gasteiger partial charge in [0.05, 0.1) is 0 Å². The van der Waals surface area contributed by atoms with Gasteiger partial charge in [-0.3, -0.25) is 0 Å². The number of H-pyrrole nitrogens is 1. The van der Waals surface area contributed by atoms with E-state index in [4.69, 9.17) is 0 Å². The Balaban J connectivity index is 2.61. The largest absolute Gasteiger partial charge is 0.278 e. The Bertz CT molecular complexity index is 402. The van der Waals surface area contributed by atoms with E-state index in [1.54, 1.807) is 0 Å². The predicted octanol–water partition coefficient (Wildman–Crippen LogP) is 1.40. The standard InChI is InChI=1S/C10H20N4O2S/c1-3-5-6-7-8-14(4-2)17(15,16)10-11-9-12-13-10/h9H,3-8H2,1-2H3,(H,11,12,13). The molecular weight excluding hydrogens is 240 g/mol. The molecule has 0 aliphatic carbocycles. The molecule has 98 valence electrons. The maximum absolute atomic E-state index is 12.1. The summed E-state index contributed by atoms with van der Waals surface area (Å²) in [6, 6.07) is 0. The van der Waals surface area contributed by atoms with Gasteiger partial charge in [0.2, 0.25) is 0 Å². The molecule has 0 amide bonds. The van der Waals surface area contributed by atoms with Gasteiger partial charge >= 0.3 is 0 Å². The van der Waals surface area contributed by atoms with E-state index < -0.39 is 10.0 Å². The fourth-order valence-electron chi connectivity index (χ4n) is 1.60. The topological polar surface area (TPSA) is 79.0 Å². The van der Waals surface area contributed by atoms with Crippen LogP contribution in [0.4, 0.5) is 0 Å². The highest BCUT2D eigenvalue weighted by atomic mass is 32.2. The highest BCUT2D eigenvalue weighted by Gasteiger charge is 2.25. The van der Waals surface area contributed by atoms with Crippen molar-refractivity contribution in [2.45, 2.75) is 44.7 Å². The third-order valence-corrected chi connectivity index (χ3v) is 4.40. The predicted molar refractivity (Wildman–Crippen MR) is 65.0 cm³/mol. The maximum atomic E-state index is 12.1. The summed E-state index contributed by atoms with van der Waals surface area (Å²) in [7, 11) is -3.49. The number of aromatic amines is 1. The molecule has 0 saturated carbocycles. The van der Waals surface area contributed by atoms with Crippen LogP contribution >= 0.6 is 0 Å². The third kappa shape index (κ3) is 3.78. The lowest BCUT2D eigenvalue weighted by Crippen LogP contribution is -2.32. The molecule has 1 N–H and O–H groups in total. The van der Waals surface area contributed by atoms with Crippen molar-refractivity contribution in [3.05, 3.63) is 6.33 Å². The summed E-state index contributed by atoms with van der Waals surface area (Å²) in [5.74, 6) is 0. The Morgan fingerprint density at radius 1 is 1.29 bits per heavy atom. The SMILES string of the molecule is CCCCCCN(CC)S(=O)(=O)c1ncn[nH]1. The van der Waals surface area contributed by atoms with Crippen LogP contribution in [-0.2, 0) is 10.0 Å². The van der Waals surface area contributed by atoms with E-state index in [9.17, 15) is 8.42 Å². The van der Waals surface area contributed by atoms with Crippen molar-refractivity contribution in [3.8, 4) is 0 Å². The molecule has 0 aliphatic heterocycles. The van der Waals surface area contributed by atoms with Crippen LogP contribution in [0, 0.1) is 0 Å². The maximum Gasteiger partial charge on any atom is 0.278 e. The fourth-order valence-corrected chi connectivity index (χ4v) is 2.91. The molecule has 1 aromatic heterocycles. The molecule has 1 rings (SSSR count). The number of nitrogens with zero attached hydrogens (tertiary/aromatic N) is 3. The highest BCUT2D eigenvalue weighted by Crippen LogP contribution is 2.11. The molecule has 1 aromatic rings. The summed E-state index contributed by atoms with van der Waals surface area (Å²) in [4.78, 5) is 3.70. The van der Waals surface area contributed by atoms with E-state index >= 15 is 0 Å². The van der Waals surface area contributed by atoms with Crippen molar-refractivity contribution in [1.82, 2.24) is 19.5 Å². The average molecular weight is 260 g/mol. The monoisotopic (exact) mass is 260 g/mol. The van der Waals surface area contributed by atoms with Crippen LogP contribution in [0.3, 0.4) is 0 Å². The quantitative estimate of drug-likeness (QED) is 0.716. The van der Waals surface area contributed by atoms with Gasteiger partial charge in [-0.25, -0.2) is 18.5 Å². The number of sulfonamides is 1. The summed E-state index contributed by atoms with van der Waals surface area (Å²) in [5, 5.41) is 5.90. The van der Waals surface area contributed by atoms with Crippen LogP contribution in [0.15, 0.2) is 11.5 Å². The van der Waals surface area contributed by atoms with E-state index in [1.807, 2.05) is 6.92 Å². The van der Waals surface area contributed by atoms with Gasteiger partial charge in [0, 0.05) is 13.1 Å². The molecule has 0 radical (unpaired) electrons. The first-order chi connectivity index (χ1) is 8.12. The minimum absolute atomic E-state index is 0.0742. The lowest BCUT2D eigenvalue weighted by Gasteiger charge is -2.18. The van der Waals surface area contributed by atoms with Crippen molar-refractivity contribution in [3.63, 3.8) is 0 Å². The van der Waals surface area contributed by atoms with Gasteiger partial charge in [0.25, 0.3) is 15.2 Å². The van der Waals surface area contributed by atoms with E-state index in [0.29, 0.717) is 13.1 Å². The first kappa shape index (κ1) is 14.1. The first-order valence-electron chi connectivity index (χ1n) is 5.98. The Morgan fingerprint density at radius 2 is 2.06 bits per heavy atom. The molecule has 0 aromatic carbocycles. The third-order valence-electron chi connectivity index (χ3n) is 2.59. The Kier molecular flexibility index (Phi) is 5.57. The summed E-state index contributed by atoms with van der Waals surface area (Å²) >= 11 is 0. The normalized spacial score (nSPS) is 12.2. The molecule has 0 atom stereocenters. The minimum Gasteiger partial charge on any atom is -0.249 e. The van der Waals surface area contributed by atoms with Gasteiger partial charge in [-0.05, 0) is 6.42 Å². The Labute approximate surface area is 102 Å². The molecule has 17 heavy (non-hydrogen) atoms. The zero-order valence-electron chi connectivity index (χ0n) is 10.4. The van der Waals surface area contributed by atoms with Crippen LogP contribution in [0.1, 0.15) is 39.5 Å². The molecule has 7 heteroatoms. The van der Waals surface area contributed by atoms with Crippen molar-refractivity contribution < 1.29 is 8.42 Å². The van der Waals surface area contributed by atoms with Crippen LogP contribution in [0.2, 0.25) is 0 Å². The second-order valence-electron chi connectivity index (χ2n) is 3.85. The molecule has 0 spiro atoms. The van der Waals surface area contributed by atoms with Crippen molar-refractivity contribution in [2.75, 3.05) is 13.1 Å². The van der Waals surface area contributed by atoms with Crippen LogP contribution < -0.4 is 0 Å². The van der Waals surface area contributed by atoms with Gasteiger partial charge < -0.3 is 0 Å². The zero-order valence-corrected chi connectivity index (χ0v) is 11.2. The molecule has 0 fully saturated rings. The smallest absolute Gasteiger partial charge is 0.249 e.